The van der Waals surface area contributed by atoms with Gasteiger partial charge in [0.25, 0.3) is 0 Å². The largest absolute Gasteiger partial charge is 0.383 e. The molecule has 2 aliphatic rings. The summed E-state index contributed by atoms with van der Waals surface area (Å²) in [6.45, 7) is 4.33. The second-order valence-electron chi connectivity index (χ2n) is 7.49. The number of aliphatic imine (C=N–C) groups is 2. The number of nitrogen functional groups attached to an aromatic ring is 1. The molecule has 0 saturated heterocycles. The monoisotopic (exact) mass is 460 g/mol. The number of rotatable bonds is 5. The van der Waals surface area contributed by atoms with E-state index in [0.717, 1.165) is 22.3 Å². The maximum Gasteiger partial charge on any atom is 0.133 e. The van der Waals surface area contributed by atoms with Gasteiger partial charge in [0, 0.05) is 47.6 Å². The zero-order valence-electron chi connectivity index (χ0n) is 18.0. The first-order valence-electron chi connectivity index (χ1n) is 10.2. The van der Waals surface area contributed by atoms with Crippen LogP contribution in [0.4, 0.5) is 10.2 Å². The molecule has 4 rings (SSSR count). The summed E-state index contributed by atoms with van der Waals surface area (Å²) in [6.07, 6.45) is 12.7. The number of benzene rings is 1. The molecule has 3 heterocycles. The summed E-state index contributed by atoms with van der Waals surface area (Å²) >= 11 is 6.12. The van der Waals surface area contributed by atoms with Crippen molar-refractivity contribution < 1.29 is 4.39 Å². The molecule has 1 aromatic carbocycles. The fourth-order valence-electron chi connectivity index (χ4n) is 3.43. The maximum atomic E-state index is 14.6. The van der Waals surface area contributed by atoms with E-state index in [1.165, 1.54) is 12.1 Å². The summed E-state index contributed by atoms with van der Waals surface area (Å²) in [5.74, 6) is 0.522. The molecule has 0 radical (unpaired) electrons. The van der Waals surface area contributed by atoms with E-state index in [1.807, 2.05) is 30.3 Å². The molecule has 0 spiro atoms. The van der Waals surface area contributed by atoms with Crippen molar-refractivity contribution in [2.24, 2.45) is 15.1 Å². The Balaban J connectivity index is 1.79. The molecule has 2 N–H and O–H groups in total. The fourth-order valence-corrected chi connectivity index (χ4v) is 3.60. The molecule has 8 heteroatoms. The molecule has 2 aliphatic heterocycles. The molecule has 0 atom stereocenters. The molecule has 33 heavy (non-hydrogen) atoms. The predicted octanol–water partition coefficient (Wildman–Crippen LogP) is 5.15. The van der Waals surface area contributed by atoms with Gasteiger partial charge in [-0.15, -0.1) is 0 Å². The quantitative estimate of drug-likeness (QED) is 0.627. The first-order valence-corrected chi connectivity index (χ1v) is 10.6. The Labute approximate surface area is 196 Å². The molecule has 2 aromatic rings. The van der Waals surface area contributed by atoms with Gasteiger partial charge in [-0.05, 0) is 47.6 Å². The Morgan fingerprint density at radius 1 is 1.27 bits per heavy atom. The number of hydrazone groups is 1. The Bertz CT molecular complexity index is 1290. The minimum absolute atomic E-state index is 0.300. The van der Waals surface area contributed by atoms with Gasteiger partial charge in [0.1, 0.15) is 17.5 Å². The van der Waals surface area contributed by atoms with Crippen LogP contribution in [0, 0.1) is 5.82 Å². The van der Waals surface area contributed by atoms with Crippen LogP contribution in [-0.2, 0) is 0 Å². The predicted molar refractivity (Wildman–Crippen MR) is 135 cm³/mol. The number of pyridine rings is 1. The van der Waals surface area contributed by atoms with Crippen LogP contribution >= 0.6 is 11.6 Å². The molecular weight excluding hydrogens is 439 g/mol. The highest BCUT2D eigenvalue weighted by atomic mass is 35.5. The molecule has 0 aliphatic carbocycles. The van der Waals surface area contributed by atoms with Crippen molar-refractivity contribution in [1.29, 1.82) is 0 Å². The van der Waals surface area contributed by atoms with E-state index in [1.54, 1.807) is 36.8 Å². The van der Waals surface area contributed by atoms with Gasteiger partial charge in [0.15, 0.2) is 0 Å². The normalized spacial score (nSPS) is 17.2. The smallest absolute Gasteiger partial charge is 0.133 e. The van der Waals surface area contributed by atoms with Gasteiger partial charge in [-0.1, -0.05) is 30.3 Å². The van der Waals surface area contributed by atoms with Crippen LogP contribution in [0.1, 0.15) is 23.1 Å². The first-order chi connectivity index (χ1) is 15.9. The van der Waals surface area contributed by atoms with Crippen LogP contribution in [0.3, 0.4) is 0 Å². The minimum Gasteiger partial charge on any atom is -0.383 e. The van der Waals surface area contributed by atoms with Crippen LogP contribution in [0.5, 0.6) is 0 Å². The summed E-state index contributed by atoms with van der Waals surface area (Å²) in [7, 11) is 1.89. The standard InChI is InChI=1S/C25H22ClFN6/c1-3-4-8-29-24-12-17(11-23(32-24)21-13-19(26)5-6-22(21)27)18-10-20(25(28)30-14-18)16-7-9-33(2)31-15-16/h3-8,10-11,13-15H,1,9,12H2,2H3,(H2,28,30)/b8-4-,29-24?. The van der Waals surface area contributed by atoms with E-state index < -0.39 is 5.82 Å². The highest BCUT2D eigenvalue weighted by Gasteiger charge is 2.19. The van der Waals surface area contributed by atoms with Crippen molar-refractivity contribution in [1.82, 2.24) is 9.99 Å². The van der Waals surface area contributed by atoms with E-state index in [4.69, 9.17) is 17.3 Å². The summed E-state index contributed by atoms with van der Waals surface area (Å²) < 4.78 is 14.6. The van der Waals surface area contributed by atoms with Gasteiger partial charge in [-0.2, -0.15) is 5.10 Å². The van der Waals surface area contributed by atoms with Crippen molar-refractivity contribution >= 4 is 46.3 Å². The third kappa shape index (κ3) is 5.15. The molecule has 1 aromatic heterocycles. The lowest BCUT2D eigenvalue weighted by molar-refractivity contribution is 0.395. The summed E-state index contributed by atoms with van der Waals surface area (Å²) in [6, 6.07) is 6.35. The van der Waals surface area contributed by atoms with Gasteiger partial charge in [0.05, 0.1) is 18.5 Å². The molecule has 0 unspecified atom stereocenters. The number of aromatic nitrogens is 1. The number of hydrogen-bond acceptors (Lipinski definition) is 5. The lowest BCUT2D eigenvalue weighted by Gasteiger charge is -2.19. The minimum atomic E-state index is -0.416. The number of allylic oxidation sites excluding steroid dienone is 4. The molecule has 166 valence electrons. The number of nitrogens with two attached hydrogens (primary N) is 1. The van der Waals surface area contributed by atoms with Gasteiger partial charge in [-0.25, -0.2) is 19.4 Å². The van der Waals surface area contributed by atoms with Crippen LogP contribution < -0.4 is 5.73 Å². The van der Waals surface area contributed by atoms with E-state index in [9.17, 15) is 4.39 Å². The van der Waals surface area contributed by atoms with E-state index in [2.05, 4.69) is 26.6 Å². The summed E-state index contributed by atoms with van der Waals surface area (Å²) in [4.78, 5) is 13.4. The molecular formula is C25H22ClFN6. The first kappa shape index (κ1) is 22.4. The van der Waals surface area contributed by atoms with Gasteiger partial charge in [-0.3, -0.25) is 5.01 Å². The van der Waals surface area contributed by atoms with Crippen molar-refractivity contribution in [3.05, 3.63) is 95.1 Å². The highest BCUT2D eigenvalue weighted by molar-refractivity contribution is 6.31. The van der Waals surface area contributed by atoms with Crippen molar-refractivity contribution in [2.75, 3.05) is 19.3 Å². The molecule has 0 bridgehead atoms. The third-order valence-corrected chi connectivity index (χ3v) is 5.36. The lowest BCUT2D eigenvalue weighted by Crippen LogP contribution is -2.16. The highest BCUT2D eigenvalue weighted by Crippen LogP contribution is 2.30. The number of halogens is 2. The van der Waals surface area contributed by atoms with Crippen molar-refractivity contribution in [3.63, 3.8) is 0 Å². The van der Waals surface area contributed by atoms with Gasteiger partial charge < -0.3 is 5.73 Å². The molecule has 0 fully saturated rings. The van der Waals surface area contributed by atoms with Crippen LogP contribution in [-0.4, -0.2) is 41.3 Å². The van der Waals surface area contributed by atoms with Crippen LogP contribution in [0.25, 0.3) is 11.1 Å². The molecule has 0 amide bonds. The topological polar surface area (TPSA) is 79.2 Å². The fraction of sp³-hybridized carbons (Fsp3) is 0.120. The lowest BCUT2D eigenvalue weighted by atomic mass is 9.94. The Hall–Kier alpha value is -3.84. The number of anilines is 1. The third-order valence-electron chi connectivity index (χ3n) is 5.13. The zero-order valence-corrected chi connectivity index (χ0v) is 18.8. The van der Waals surface area contributed by atoms with E-state index in [-0.39, 0.29) is 0 Å². The van der Waals surface area contributed by atoms with E-state index in [0.29, 0.717) is 40.9 Å². The van der Waals surface area contributed by atoms with Crippen LogP contribution in [0.15, 0.2) is 82.6 Å². The Kier molecular flexibility index (Phi) is 6.60. The maximum absolute atomic E-state index is 14.6. The zero-order chi connectivity index (χ0) is 23.4. The SMILES string of the molecule is C=C/C=C\N=C1CC(c2cnc(N)c(C3=CCN(C)N=C3)c2)=CC(c2cc(Cl)ccc2F)=N1. The Morgan fingerprint density at radius 3 is 2.88 bits per heavy atom. The number of nitrogens with zero attached hydrogens (tertiary/aromatic N) is 5. The van der Waals surface area contributed by atoms with Crippen LogP contribution in [0.2, 0.25) is 5.02 Å². The van der Waals surface area contributed by atoms with E-state index >= 15 is 0 Å². The van der Waals surface area contributed by atoms with Crippen molar-refractivity contribution in [2.45, 2.75) is 6.42 Å². The second kappa shape index (κ2) is 9.75. The summed E-state index contributed by atoms with van der Waals surface area (Å²) in [5.41, 5.74) is 10.3. The van der Waals surface area contributed by atoms with Gasteiger partial charge in [0.2, 0.25) is 0 Å². The van der Waals surface area contributed by atoms with Crippen molar-refractivity contribution in [3.8, 4) is 0 Å². The number of likely N-dealkylation sites (N-methyl/N-ethyl adjacent to an activating group) is 1. The molecule has 6 nitrogen and oxygen atoms in total. The Morgan fingerprint density at radius 2 is 2.12 bits per heavy atom. The van der Waals surface area contributed by atoms with Gasteiger partial charge >= 0.3 is 0 Å². The summed E-state index contributed by atoms with van der Waals surface area (Å²) in [5, 5.41) is 6.57. The second-order valence-corrected chi connectivity index (χ2v) is 7.93. The number of amidine groups is 1. The molecule has 0 saturated carbocycles. The number of hydrogen-bond donors (Lipinski definition) is 1. The number of dihydropyridines is 1. The average Bonchev–Trinajstić information content (AvgIpc) is 2.81. The average molecular weight is 461 g/mol.